The van der Waals surface area contributed by atoms with Gasteiger partial charge >= 0.3 is 18.7 Å². The Morgan fingerprint density at radius 3 is 1.80 bits per heavy atom. The average Bonchev–Trinajstić information content (AvgIpc) is 2.92. The fraction of sp³-hybridized carbons (Fsp3) is 0.200. The van der Waals surface area contributed by atoms with Crippen molar-refractivity contribution in [2.24, 2.45) is 0 Å². The van der Waals surface area contributed by atoms with E-state index in [4.69, 9.17) is 4.74 Å². The number of hydrogen-bond acceptors (Lipinski definition) is 4. The van der Waals surface area contributed by atoms with Gasteiger partial charge in [-0.1, -0.05) is 30.3 Å². The van der Waals surface area contributed by atoms with Gasteiger partial charge in [0.15, 0.2) is 0 Å². The van der Waals surface area contributed by atoms with E-state index in [1.165, 1.54) is 41.3 Å². The first-order chi connectivity index (χ1) is 20.5. The molecular weight excluding hydrogens is 612 g/mol. The second kappa shape index (κ2) is 12.6. The maximum Gasteiger partial charge on any atom is 0.573 e. The van der Waals surface area contributed by atoms with E-state index in [1.54, 1.807) is 0 Å². The third-order valence-electron chi connectivity index (χ3n) is 6.32. The fourth-order valence-electron chi connectivity index (χ4n) is 4.29. The summed E-state index contributed by atoms with van der Waals surface area (Å²) in [6.07, 6.45) is -14.4. The molecule has 0 saturated carbocycles. The number of anilines is 1. The van der Waals surface area contributed by atoms with Crippen LogP contribution in [-0.2, 0) is 18.9 Å². The minimum Gasteiger partial charge on any atom is -0.457 e. The molecule has 0 aliphatic rings. The molecule has 1 atom stereocenters. The lowest BCUT2D eigenvalue weighted by Gasteiger charge is -2.34. The summed E-state index contributed by atoms with van der Waals surface area (Å²) in [6, 6.07) is 14.8. The van der Waals surface area contributed by atoms with Crippen molar-refractivity contribution in [3.05, 3.63) is 119 Å². The molecule has 0 radical (unpaired) electrons. The van der Waals surface area contributed by atoms with Crippen molar-refractivity contribution in [3.8, 4) is 17.2 Å². The molecule has 234 valence electrons. The van der Waals surface area contributed by atoms with Gasteiger partial charge < -0.3 is 19.5 Å². The highest BCUT2D eigenvalue weighted by Gasteiger charge is 2.33. The Labute approximate surface area is 243 Å². The number of halogens is 10. The third kappa shape index (κ3) is 8.34. The summed E-state index contributed by atoms with van der Waals surface area (Å²) >= 11 is 0. The molecule has 0 bridgehead atoms. The lowest BCUT2D eigenvalue weighted by Crippen LogP contribution is -2.31. The molecule has 14 heteroatoms. The Hall–Kier alpha value is -4.46. The van der Waals surface area contributed by atoms with Crippen molar-refractivity contribution in [2.75, 3.05) is 11.5 Å². The van der Waals surface area contributed by atoms with E-state index in [-0.39, 0.29) is 28.3 Å². The van der Waals surface area contributed by atoms with Gasteiger partial charge in [0.25, 0.3) is 0 Å². The number of benzene rings is 4. The van der Waals surface area contributed by atoms with E-state index < -0.39 is 60.6 Å². The maximum atomic E-state index is 14.9. The quantitative estimate of drug-likeness (QED) is 0.187. The first kappa shape index (κ1) is 32.5. The normalized spacial score (nSPS) is 13.0. The monoisotopic (exact) mass is 633 g/mol. The predicted octanol–water partition coefficient (Wildman–Crippen LogP) is 9.29. The van der Waals surface area contributed by atoms with Crippen LogP contribution < -0.4 is 14.4 Å². The number of rotatable bonds is 9. The Kier molecular flexibility index (Phi) is 9.33. The van der Waals surface area contributed by atoms with Crippen LogP contribution in [0.2, 0.25) is 0 Å². The number of aliphatic hydroxyl groups is 1. The number of aliphatic hydroxyl groups excluding tert-OH is 1. The number of nitrogens with zero attached hydrogens (tertiary/aromatic N) is 1. The van der Waals surface area contributed by atoms with Crippen LogP contribution in [0, 0.1) is 5.82 Å². The fourth-order valence-corrected chi connectivity index (χ4v) is 4.29. The molecule has 0 aromatic heterocycles. The summed E-state index contributed by atoms with van der Waals surface area (Å²) in [4.78, 5) is 1.34. The van der Waals surface area contributed by atoms with Crippen molar-refractivity contribution < 1.29 is 58.5 Å². The smallest absolute Gasteiger partial charge is 0.457 e. The van der Waals surface area contributed by atoms with Crippen LogP contribution in [0.1, 0.15) is 28.3 Å². The predicted molar refractivity (Wildman–Crippen MR) is 138 cm³/mol. The van der Waals surface area contributed by atoms with E-state index in [0.717, 1.165) is 42.5 Å². The summed E-state index contributed by atoms with van der Waals surface area (Å²) in [5.41, 5.74) is -2.09. The molecule has 0 fully saturated rings. The molecule has 0 saturated heterocycles. The van der Waals surface area contributed by atoms with Crippen molar-refractivity contribution in [1.29, 1.82) is 0 Å². The van der Waals surface area contributed by atoms with Crippen molar-refractivity contribution >= 4 is 5.69 Å². The van der Waals surface area contributed by atoms with Gasteiger partial charge in [0, 0.05) is 29.9 Å². The molecule has 44 heavy (non-hydrogen) atoms. The van der Waals surface area contributed by atoms with Gasteiger partial charge in [0.05, 0.1) is 23.8 Å². The molecule has 1 N–H and O–H groups in total. The SMILES string of the molecule is OCC(c1ccc(C(F)(F)F)cc1)N(Cc1ccc(C(F)(F)F)cc1F)c1cccc(Oc2cccc(OC(F)(F)F)c2)c1. The second-order valence-corrected chi connectivity index (χ2v) is 9.37. The highest BCUT2D eigenvalue weighted by Crippen LogP contribution is 2.37. The van der Waals surface area contributed by atoms with Crippen molar-refractivity contribution in [1.82, 2.24) is 0 Å². The molecule has 4 nitrogen and oxygen atoms in total. The largest absolute Gasteiger partial charge is 0.573 e. The zero-order valence-corrected chi connectivity index (χ0v) is 22.1. The highest BCUT2D eigenvalue weighted by atomic mass is 19.4. The van der Waals surface area contributed by atoms with Crippen LogP contribution in [0.25, 0.3) is 0 Å². The molecule has 0 aliphatic heterocycles. The van der Waals surface area contributed by atoms with Crippen LogP contribution in [-0.4, -0.2) is 18.1 Å². The highest BCUT2D eigenvalue weighted by molar-refractivity contribution is 5.54. The maximum absolute atomic E-state index is 14.9. The second-order valence-electron chi connectivity index (χ2n) is 9.37. The number of hydrogen-bond donors (Lipinski definition) is 1. The van der Waals surface area contributed by atoms with Gasteiger partial charge in [-0.2, -0.15) is 26.3 Å². The number of alkyl halides is 9. The standard InChI is InChI=1S/C30H21F10NO3/c31-26-13-21(29(35,36)37)12-9-19(26)16-41(27(17-42)18-7-10-20(11-8-18)28(32,33)34)22-3-1-4-23(14-22)43-24-5-2-6-25(15-24)44-30(38,39)40/h1-15,27,42H,16-17H2. The molecule has 4 aromatic rings. The first-order valence-corrected chi connectivity index (χ1v) is 12.6. The van der Waals surface area contributed by atoms with Crippen molar-refractivity contribution in [3.63, 3.8) is 0 Å². The first-order valence-electron chi connectivity index (χ1n) is 12.6. The van der Waals surface area contributed by atoms with Crippen LogP contribution in [0.3, 0.4) is 0 Å². The van der Waals surface area contributed by atoms with Gasteiger partial charge in [0.1, 0.15) is 23.1 Å². The van der Waals surface area contributed by atoms with Gasteiger partial charge in [-0.15, -0.1) is 13.2 Å². The average molecular weight is 633 g/mol. The van der Waals surface area contributed by atoms with E-state index in [0.29, 0.717) is 12.1 Å². The lowest BCUT2D eigenvalue weighted by molar-refractivity contribution is -0.274. The Bertz CT molecular complexity index is 1570. The summed E-state index contributed by atoms with van der Waals surface area (Å²) in [5, 5.41) is 10.3. The van der Waals surface area contributed by atoms with E-state index in [1.807, 2.05) is 0 Å². The van der Waals surface area contributed by atoms with Gasteiger partial charge in [-0.3, -0.25) is 0 Å². The number of ether oxygens (including phenoxy) is 2. The third-order valence-corrected chi connectivity index (χ3v) is 6.32. The van der Waals surface area contributed by atoms with E-state index in [2.05, 4.69) is 4.74 Å². The zero-order chi connectivity index (χ0) is 32.3. The molecule has 0 aliphatic carbocycles. The summed E-state index contributed by atoms with van der Waals surface area (Å²) in [6.45, 7) is -1.16. The summed E-state index contributed by atoms with van der Waals surface area (Å²) in [5.74, 6) is -1.80. The molecular formula is C30H21F10NO3. The molecule has 4 aromatic carbocycles. The molecule has 0 amide bonds. The van der Waals surface area contributed by atoms with Gasteiger partial charge in [-0.25, -0.2) is 4.39 Å². The molecule has 0 heterocycles. The molecule has 4 rings (SSSR count). The summed E-state index contributed by atoms with van der Waals surface area (Å²) in [7, 11) is 0. The molecule has 1 unspecified atom stereocenters. The van der Waals surface area contributed by atoms with Crippen molar-refractivity contribution in [2.45, 2.75) is 31.3 Å². The van der Waals surface area contributed by atoms with Crippen LogP contribution in [0.5, 0.6) is 17.2 Å². The lowest BCUT2D eigenvalue weighted by atomic mass is 10.0. The Morgan fingerprint density at radius 1 is 0.659 bits per heavy atom. The Morgan fingerprint density at radius 2 is 1.23 bits per heavy atom. The van der Waals surface area contributed by atoms with Crippen LogP contribution in [0.15, 0.2) is 91.0 Å². The summed E-state index contributed by atoms with van der Waals surface area (Å²) < 4.78 is 141. The van der Waals surface area contributed by atoms with Gasteiger partial charge in [-0.05, 0) is 54.1 Å². The van der Waals surface area contributed by atoms with E-state index >= 15 is 0 Å². The molecule has 0 spiro atoms. The van der Waals surface area contributed by atoms with E-state index in [9.17, 15) is 49.0 Å². The Balaban J connectivity index is 1.72. The minimum atomic E-state index is -4.95. The van der Waals surface area contributed by atoms with Crippen LogP contribution >= 0.6 is 0 Å². The van der Waals surface area contributed by atoms with Gasteiger partial charge in [0.2, 0.25) is 0 Å². The van der Waals surface area contributed by atoms with Crippen LogP contribution in [0.4, 0.5) is 49.6 Å². The topological polar surface area (TPSA) is 41.9 Å². The zero-order valence-electron chi connectivity index (χ0n) is 22.1. The minimum absolute atomic E-state index is 0.0497.